The number of amides is 1. The maximum atomic E-state index is 11.7. The van der Waals surface area contributed by atoms with Crippen LogP contribution in [0.25, 0.3) is 0 Å². The van der Waals surface area contributed by atoms with Crippen LogP contribution in [0.3, 0.4) is 0 Å². The highest BCUT2D eigenvalue weighted by atomic mass is 16.5. The minimum Gasteiger partial charge on any atom is -0.380 e. The third-order valence-corrected chi connectivity index (χ3v) is 2.49. The molecule has 1 aromatic carbocycles. The molecule has 3 heteroatoms. The Labute approximate surface area is 103 Å². The van der Waals surface area contributed by atoms with Gasteiger partial charge in [-0.15, -0.1) is 0 Å². The van der Waals surface area contributed by atoms with Crippen molar-refractivity contribution in [3.8, 4) is 0 Å². The number of hydrogen-bond acceptors (Lipinski definition) is 2. The Morgan fingerprint density at radius 1 is 1.24 bits per heavy atom. The molecule has 1 aromatic rings. The number of rotatable bonds is 7. The van der Waals surface area contributed by atoms with Gasteiger partial charge in [0.2, 0.25) is 0 Å². The van der Waals surface area contributed by atoms with Crippen LogP contribution in [0.2, 0.25) is 0 Å². The van der Waals surface area contributed by atoms with Gasteiger partial charge in [0, 0.05) is 18.7 Å². The average molecular weight is 235 g/mol. The third kappa shape index (κ3) is 5.00. The first-order valence-corrected chi connectivity index (χ1v) is 6.22. The molecular weight excluding hydrogens is 214 g/mol. The second-order valence-electron chi connectivity index (χ2n) is 3.90. The largest absolute Gasteiger partial charge is 0.380 e. The smallest absolute Gasteiger partial charge is 0.251 e. The molecule has 0 bridgehead atoms. The summed E-state index contributed by atoms with van der Waals surface area (Å²) in [5, 5.41) is 2.82. The van der Waals surface area contributed by atoms with Gasteiger partial charge < -0.3 is 10.1 Å². The molecule has 0 spiro atoms. The molecule has 3 nitrogen and oxygen atoms in total. The van der Waals surface area contributed by atoms with Gasteiger partial charge in [0.15, 0.2) is 0 Å². The quantitative estimate of drug-likeness (QED) is 0.737. The second kappa shape index (κ2) is 7.85. The summed E-state index contributed by atoms with van der Waals surface area (Å²) in [7, 11) is 0. The molecular formula is C14H21NO2. The first-order valence-electron chi connectivity index (χ1n) is 6.22. The predicted octanol–water partition coefficient (Wildman–Crippen LogP) is 2.41. The van der Waals surface area contributed by atoms with E-state index >= 15 is 0 Å². The Morgan fingerprint density at radius 2 is 1.94 bits per heavy atom. The SMILES string of the molecule is CCCc1ccc(C(=O)NCCOCC)cc1. The number of benzene rings is 1. The highest BCUT2D eigenvalue weighted by Gasteiger charge is 2.03. The maximum absolute atomic E-state index is 11.7. The van der Waals surface area contributed by atoms with Crippen molar-refractivity contribution in [1.29, 1.82) is 0 Å². The molecule has 94 valence electrons. The van der Waals surface area contributed by atoms with Crippen molar-refractivity contribution in [3.05, 3.63) is 35.4 Å². The van der Waals surface area contributed by atoms with Crippen molar-refractivity contribution in [2.24, 2.45) is 0 Å². The highest BCUT2D eigenvalue weighted by molar-refractivity contribution is 5.94. The molecule has 0 aliphatic rings. The molecule has 0 unspecified atom stereocenters. The first-order chi connectivity index (χ1) is 8.27. The predicted molar refractivity (Wildman–Crippen MR) is 69.3 cm³/mol. The molecule has 0 heterocycles. The molecule has 0 atom stereocenters. The summed E-state index contributed by atoms with van der Waals surface area (Å²) in [5.74, 6) is -0.0345. The molecule has 1 amide bonds. The zero-order valence-corrected chi connectivity index (χ0v) is 10.7. The number of ether oxygens (including phenoxy) is 1. The van der Waals surface area contributed by atoms with Crippen molar-refractivity contribution in [2.75, 3.05) is 19.8 Å². The van der Waals surface area contributed by atoms with Gasteiger partial charge in [0.25, 0.3) is 5.91 Å². The summed E-state index contributed by atoms with van der Waals surface area (Å²) in [6.07, 6.45) is 2.19. The van der Waals surface area contributed by atoms with Crippen LogP contribution in [0.1, 0.15) is 36.2 Å². The summed E-state index contributed by atoms with van der Waals surface area (Å²) in [5.41, 5.74) is 1.99. The van der Waals surface area contributed by atoms with E-state index in [0.29, 0.717) is 25.3 Å². The van der Waals surface area contributed by atoms with Crippen LogP contribution in [0.5, 0.6) is 0 Å². The lowest BCUT2D eigenvalue weighted by Crippen LogP contribution is -2.27. The first kappa shape index (κ1) is 13.7. The molecule has 0 aliphatic carbocycles. The summed E-state index contributed by atoms with van der Waals surface area (Å²) >= 11 is 0. The molecule has 1 rings (SSSR count). The van der Waals surface area contributed by atoms with Crippen LogP contribution in [0.15, 0.2) is 24.3 Å². The molecule has 0 saturated heterocycles. The van der Waals surface area contributed by atoms with Gasteiger partial charge in [-0.25, -0.2) is 0 Å². The fourth-order valence-electron chi connectivity index (χ4n) is 1.59. The lowest BCUT2D eigenvalue weighted by atomic mass is 10.1. The molecule has 0 fully saturated rings. The Kier molecular flexibility index (Phi) is 6.33. The van der Waals surface area contributed by atoms with Crippen LogP contribution >= 0.6 is 0 Å². The molecule has 1 N–H and O–H groups in total. The maximum Gasteiger partial charge on any atom is 0.251 e. The van der Waals surface area contributed by atoms with Crippen molar-refractivity contribution in [2.45, 2.75) is 26.7 Å². The summed E-state index contributed by atoms with van der Waals surface area (Å²) in [6.45, 7) is 5.89. The van der Waals surface area contributed by atoms with Gasteiger partial charge in [-0.2, -0.15) is 0 Å². The zero-order chi connectivity index (χ0) is 12.5. The van der Waals surface area contributed by atoms with E-state index in [9.17, 15) is 4.79 Å². The number of carbonyl (C=O) groups excluding carboxylic acids is 1. The van der Waals surface area contributed by atoms with E-state index in [0.717, 1.165) is 12.8 Å². The van der Waals surface area contributed by atoms with Crippen LogP contribution in [-0.4, -0.2) is 25.7 Å². The fourth-order valence-corrected chi connectivity index (χ4v) is 1.59. The molecule has 0 aliphatic heterocycles. The average Bonchev–Trinajstić information content (AvgIpc) is 2.36. The van der Waals surface area contributed by atoms with Crippen molar-refractivity contribution < 1.29 is 9.53 Å². The van der Waals surface area contributed by atoms with E-state index in [-0.39, 0.29) is 5.91 Å². The molecule has 0 aromatic heterocycles. The number of carbonyl (C=O) groups is 1. The van der Waals surface area contributed by atoms with Gasteiger partial charge >= 0.3 is 0 Å². The summed E-state index contributed by atoms with van der Waals surface area (Å²) in [4.78, 5) is 11.7. The van der Waals surface area contributed by atoms with Gasteiger partial charge in [0.05, 0.1) is 6.61 Å². The Morgan fingerprint density at radius 3 is 2.53 bits per heavy atom. The van der Waals surface area contributed by atoms with E-state index in [1.54, 1.807) is 0 Å². The van der Waals surface area contributed by atoms with Gasteiger partial charge in [-0.3, -0.25) is 4.79 Å². The molecule has 17 heavy (non-hydrogen) atoms. The summed E-state index contributed by atoms with van der Waals surface area (Å²) < 4.78 is 5.16. The van der Waals surface area contributed by atoms with E-state index in [1.165, 1.54) is 5.56 Å². The Bertz CT molecular complexity index is 333. The fraction of sp³-hybridized carbons (Fsp3) is 0.500. The zero-order valence-electron chi connectivity index (χ0n) is 10.7. The monoisotopic (exact) mass is 235 g/mol. The van der Waals surface area contributed by atoms with Crippen LogP contribution < -0.4 is 5.32 Å². The number of nitrogens with one attached hydrogen (secondary N) is 1. The standard InChI is InChI=1S/C14H21NO2/c1-3-5-12-6-8-13(9-7-12)14(16)15-10-11-17-4-2/h6-9H,3-5,10-11H2,1-2H3,(H,15,16). The lowest BCUT2D eigenvalue weighted by Gasteiger charge is -2.06. The highest BCUT2D eigenvalue weighted by Crippen LogP contribution is 2.06. The third-order valence-electron chi connectivity index (χ3n) is 2.49. The summed E-state index contributed by atoms with van der Waals surface area (Å²) in [6, 6.07) is 7.78. The van der Waals surface area contributed by atoms with Gasteiger partial charge in [-0.05, 0) is 31.0 Å². The number of hydrogen-bond donors (Lipinski definition) is 1. The minimum absolute atomic E-state index is 0.0345. The van der Waals surface area contributed by atoms with E-state index in [2.05, 4.69) is 12.2 Å². The van der Waals surface area contributed by atoms with Crippen molar-refractivity contribution >= 4 is 5.91 Å². The molecule has 0 saturated carbocycles. The van der Waals surface area contributed by atoms with Crippen molar-refractivity contribution in [3.63, 3.8) is 0 Å². The minimum atomic E-state index is -0.0345. The Hall–Kier alpha value is -1.35. The second-order valence-corrected chi connectivity index (χ2v) is 3.90. The van der Waals surface area contributed by atoms with Gasteiger partial charge in [0.1, 0.15) is 0 Å². The molecule has 0 radical (unpaired) electrons. The van der Waals surface area contributed by atoms with E-state index in [1.807, 2.05) is 31.2 Å². The van der Waals surface area contributed by atoms with Crippen LogP contribution in [0.4, 0.5) is 0 Å². The topological polar surface area (TPSA) is 38.3 Å². The normalized spacial score (nSPS) is 10.2. The van der Waals surface area contributed by atoms with E-state index in [4.69, 9.17) is 4.74 Å². The van der Waals surface area contributed by atoms with Crippen molar-refractivity contribution in [1.82, 2.24) is 5.32 Å². The van der Waals surface area contributed by atoms with Gasteiger partial charge in [-0.1, -0.05) is 25.5 Å². The lowest BCUT2D eigenvalue weighted by molar-refractivity contribution is 0.0922. The Balaban J connectivity index is 2.40. The van der Waals surface area contributed by atoms with E-state index < -0.39 is 0 Å². The van der Waals surface area contributed by atoms with Crippen LogP contribution in [0, 0.1) is 0 Å². The number of aryl methyl sites for hydroxylation is 1. The van der Waals surface area contributed by atoms with Crippen LogP contribution in [-0.2, 0) is 11.2 Å².